The molecule has 6 heterocycles. The molecule has 0 spiro atoms. The Morgan fingerprint density at radius 3 is 1.36 bits per heavy atom. The van der Waals surface area contributed by atoms with Gasteiger partial charge in [-0.3, -0.25) is 19.6 Å². The number of nitrogens with two attached hydrogens (primary N) is 1. The molecule has 2 aliphatic heterocycles. The number of amides is 2. The van der Waals surface area contributed by atoms with Crippen molar-refractivity contribution in [2.75, 3.05) is 60.7 Å². The van der Waals surface area contributed by atoms with Crippen LogP contribution in [0.25, 0.3) is 22.3 Å². The van der Waals surface area contributed by atoms with Crippen molar-refractivity contribution < 1.29 is 54.2 Å². The molecule has 2 aromatic carbocycles. The first-order valence-corrected chi connectivity index (χ1v) is 19.7. The van der Waals surface area contributed by atoms with Gasteiger partial charge < -0.3 is 40.5 Å². The van der Waals surface area contributed by atoms with Crippen LogP contribution >= 0.6 is 0 Å². The zero-order valence-electron chi connectivity index (χ0n) is 34.7. The summed E-state index contributed by atoms with van der Waals surface area (Å²) in [7, 11) is 3.98. The Balaban J connectivity index is 0.000000197. The first kappa shape index (κ1) is 46.5. The van der Waals surface area contributed by atoms with Gasteiger partial charge in [0.2, 0.25) is 0 Å². The summed E-state index contributed by atoms with van der Waals surface area (Å²) >= 11 is 0. The molecule has 0 saturated carbocycles. The third-order valence-corrected chi connectivity index (χ3v) is 10.1. The Bertz CT molecular complexity index is 2680. The number of hydrogen-bond acceptors (Lipinski definition) is 12. The molecule has 6 aromatic rings. The Morgan fingerprint density at radius 1 is 0.621 bits per heavy atom. The van der Waals surface area contributed by atoms with Gasteiger partial charge in [0.15, 0.2) is 0 Å². The van der Waals surface area contributed by atoms with Crippen molar-refractivity contribution in [3.8, 4) is 33.8 Å². The molecule has 8 rings (SSSR count). The molecule has 2 amide bonds. The first-order valence-electron chi connectivity index (χ1n) is 19.7. The number of anilines is 4. The molecule has 2 fully saturated rings. The van der Waals surface area contributed by atoms with Crippen LogP contribution in [0.15, 0.2) is 110 Å². The van der Waals surface area contributed by atoms with Crippen LogP contribution < -0.4 is 35.6 Å². The number of carbonyl (C=O) groups is 2. The van der Waals surface area contributed by atoms with E-state index in [0.29, 0.717) is 53.0 Å². The quantitative estimate of drug-likeness (QED) is 0.108. The van der Waals surface area contributed by atoms with Crippen LogP contribution in [-0.4, -0.2) is 102 Å². The highest BCUT2D eigenvalue weighted by atomic mass is 19.4. The lowest BCUT2D eigenvalue weighted by Gasteiger charge is -2.44. The van der Waals surface area contributed by atoms with Crippen molar-refractivity contribution in [1.29, 1.82) is 0 Å². The van der Waals surface area contributed by atoms with Gasteiger partial charge in [0.1, 0.15) is 34.8 Å². The molecule has 344 valence electrons. The van der Waals surface area contributed by atoms with Gasteiger partial charge in [0.25, 0.3) is 11.8 Å². The number of carbonyl (C=O) groups excluding carboxylic acids is 2. The Kier molecular flexibility index (Phi) is 13.6. The van der Waals surface area contributed by atoms with Crippen molar-refractivity contribution in [1.82, 2.24) is 24.8 Å². The van der Waals surface area contributed by atoms with Gasteiger partial charge in [0.05, 0.1) is 23.5 Å². The van der Waals surface area contributed by atoms with Crippen molar-refractivity contribution in [3.63, 3.8) is 0 Å². The lowest BCUT2D eigenvalue weighted by Crippen LogP contribution is -2.57. The summed E-state index contributed by atoms with van der Waals surface area (Å²) in [5.41, 5.74) is 8.72. The summed E-state index contributed by atoms with van der Waals surface area (Å²) in [6, 6.07) is 15.6. The molecule has 0 atom stereocenters. The van der Waals surface area contributed by atoms with Gasteiger partial charge in [-0.15, -0.1) is 26.3 Å². The van der Waals surface area contributed by atoms with Gasteiger partial charge in [-0.2, -0.15) is 0 Å². The molecule has 2 aliphatic rings. The fourth-order valence-corrected chi connectivity index (χ4v) is 6.74. The number of rotatable bonds is 11. The number of pyridine rings is 4. The van der Waals surface area contributed by atoms with Crippen LogP contribution in [0.1, 0.15) is 20.7 Å². The van der Waals surface area contributed by atoms with E-state index in [9.17, 15) is 44.7 Å². The zero-order valence-corrected chi connectivity index (χ0v) is 34.7. The second-order valence-corrected chi connectivity index (χ2v) is 15.2. The third kappa shape index (κ3) is 12.0. The fraction of sp³-hybridized carbons (Fsp3) is 0.227. The number of halogens is 8. The predicted molar refractivity (Wildman–Crippen MR) is 227 cm³/mol. The van der Waals surface area contributed by atoms with Gasteiger partial charge in [-0.1, -0.05) is 0 Å². The summed E-state index contributed by atoms with van der Waals surface area (Å²) in [4.78, 5) is 48.2. The van der Waals surface area contributed by atoms with E-state index in [1.165, 1.54) is 61.2 Å². The maximum Gasteiger partial charge on any atom is 0.573 e. The lowest BCUT2D eigenvalue weighted by atomic mass is 10.0. The SMILES string of the molecule is CN(C)C1CN(c2ncc(C(=O)Nc3ccc(OC(F)(F)F)cc3)cc2-c2cncc(F)c2)C1.NC1CN(c2ncc(C(=O)Nc3ccc(OC(F)(F)F)cc3)cc2-c2cncc(F)c2)C1. The first-order chi connectivity index (χ1) is 31.3. The number of nitrogens with zero attached hydrogens (tertiary/aromatic N) is 7. The van der Waals surface area contributed by atoms with Gasteiger partial charge in [-0.05, 0) is 86.9 Å². The Hall–Kier alpha value is -7.46. The summed E-state index contributed by atoms with van der Waals surface area (Å²) in [5.74, 6) is -1.78. The molecular formula is C44H38F8N10O4. The van der Waals surface area contributed by atoms with Crippen LogP contribution in [0.4, 0.5) is 58.1 Å². The van der Waals surface area contributed by atoms with Crippen LogP contribution in [0.2, 0.25) is 0 Å². The van der Waals surface area contributed by atoms with Crippen molar-refractivity contribution in [3.05, 3.63) is 133 Å². The third-order valence-electron chi connectivity index (χ3n) is 10.1. The number of ether oxygens (including phenoxy) is 2. The fourth-order valence-electron chi connectivity index (χ4n) is 6.74. The molecule has 4 aromatic heterocycles. The van der Waals surface area contributed by atoms with E-state index in [4.69, 9.17) is 5.73 Å². The smallest absolute Gasteiger partial charge is 0.406 e. The van der Waals surface area contributed by atoms with Crippen molar-refractivity contribution in [2.45, 2.75) is 24.8 Å². The summed E-state index contributed by atoms with van der Waals surface area (Å²) < 4.78 is 109. The van der Waals surface area contributed by atoms with Gasteiger partial charge in [0, 0.05) is 96.7 Å². The van der Waals surface area contributed by atoms with Crippen molar-refractivity contribution in [2.24, 2.45) is 5.73 Å². The van der Waals surface area contributed by atoms with Crippen LogP contribution in [0, 0.1) is 11.6 Å². The maximum absolute atomic E-state index is 13.9. The molecule has 0 bridgehead atoms. The molecule has 22 heteroatoms. The van der Waals surface area contributed by atoms with E-state index in [0.717, 1.165) is 49.7 Å². The topological polar surface area (TPSA) is 164 Å². The monoisotopic (exact) mass is 922 g/mol. The number of alkyl halides is 6. The Labute approximate surface area is 371 Å². The zero-order chi connectivity index (χ0) is 47.3. The second kappa shape index (κ2) is 19.3. The average Bonchev–Trinajstić information content (AvgIpc) is 3.22. The average molecular weight is 923 g/mol. The van der Waals surface area contributed by atoms with E-state index in [-0.39, 0.29) is 28.5 Å². The highest BCUT2D eigenvalue weighted by Crippen LogP contribution is 2.35. The van der Waals surface area contributed by atoms with Gasteiger partial charge in [-0.25, -0.2) is 18.7 Å². The number of likely N-dealkylation sites (N-methyl/N-ethyl adjacent to an activating group) is 1. The van der Waals surface area contributed by atoms with E-state index in [1.807, 2.05) is 23.9 Å². The molecule has 0 unspecified atom stereocenters. The highest BCUT2D eigenvalue weighted by molar-refractivity contribution is 6.06. The number of aromatic nitrogens is 4. The van der Waals surface area contributed by atoms with E-state index < -0.39 is 47.7 Å². The van der Waals surface area contributed by atoms with Gasteiger partial charge >= 0.3 is 12.7 Å². The summed E-state index contributed by atoms with van der Waals surface area (Å²) in [6.45, 7) is 2.60. The number of nitrogens with one attached hydrogen (secondary N) is 2. The maximum atomic E-state index is 13.9. The van der Waals surface area contributed by atoms with E-state index in [1.54, 1.807) is 12.1 Å². The van der Waals surface area contributed by atoms with E-state index >= 15 is 0 Å². The largest absolute Gasteiger partial charge is 0.573 e. The standard InChI is InChI=1S/C23H21F4N5O2.C21H17F4N5O2/c1-31(2)18-12-32(13-18)21-20(14-7-16(24)11-28-9-14)8-15(10-29-21)22(33)30-17-3-5-19(6-4-17)34-23(25,26)27;22-14-5-12(7-27-9-14)18-6-13(8-28-19(18)30-10-15(26)11-30)20(31)29-16-1-3-17(4-2-16)32-21(23,24)25/h3-11,18H,12-13H2,1-2H3,(H,30,33);1-9,15H,10-11,26H2,(H,29,31). The molecular weight excluding hydrogens is 885 g/mol. The van der Waals surface area contributed by atoms with Crippen LogP contribution in [0.3, 0.4) is 0 Å². The Morgan fingerprint density at radius 2 is 1.02 bits per heavy atom. The number of benzene rings is 2. The van der Waals surface area contributed by atoms with E-state index in [2.05, 4.69) is 44.9 Å². The minimum atomic E-state index is -4.80. The van der Waals surface area contributed by atoms with Crippen molar-refractivity contribution >= 4 is 34.8 Å². The lowest BCUT2D eigenvalue weighted by molar-refractivity contribution is -0.275. The van der Waals surface area contributed by atoms with Crippen LogP contribution in [0.5, 0.6) is 11.5 Å². The van der Waals surface area contributed by atoms with Crippen LogP contribution in [-0.2, 0) is 0 Å². The molecule has 0 aliphatic carbocycles. The predicted octanol–water partition coefficient (Wildman–Crippen LogP) is 7.76. The molecule has 0 radical (unpaired) electrons. The second-order valence-electron chi connectivity index (χ2n) is 15.2. The molecule has 66 heavy (non-hydrogen) atoms. The summed E-state index contributed by atoms with van der Waals surface area (Å²) in [5, 5.41) is 5.19. The molecule has 14 nitrogen and oxygen atoms in total. The minimum absolute atomic E-state index is 0.00237. The molecule has 4 N–H and O–H groups in total. The summed E-state index contributed by atoms with van der Waals surface area (Å²) in [6.07, 6.45) is -1.72. The number of hydrogen-bond donors (Lipinski definition) is 3. The normalized spacial score (nSPS) is 14.1. The highest BCUT2D eigenvalue weighted by Gasteiger charge is 2.33. The molecule has 2 saturated heterocycles. The minimum Gasteiger partial charge on any atom is -0.406 e.